The number of benzene rings is 1. The fourth-order valence-electron chi connectivity index (χ4n) is 2.45. The second-order valence-electron chi connectivity index (χ2n) is 5.29. The summed E-state index contributed by atoms with van der Waals surface area (Å²) in [6.07, 6.45) is 2.07. The number of hydrogen-bond donors (Lipinski definition) is 2. The van der Waals surface area contributed by atoms with Crippen LogP contribution in [0.1, 0.15) is 24.0 Å². The van der Waals surface area contributed by atoms with Gasteiger partial charge in [-0.1, -0.05) is 29.8 Å². The van der Waals surface area contributed by atoms with Gasteiger partial charge in [0.15, 0.2) is 0 Å². The van der Waals surface area contributed by atoms with Crippen molar-refractivity contribution in [3.05, 3.63) is 35.4 Å². The van der Waals surface area contributed by atoms with E-state index in [1.165, 1.54) is 0 Å². The average molecular weight is 319 g/mol. The summed E-state index contributed by atoms with van der Waals surface area (Å²) in [7, 11) is -3.21. The highest BCUT2D eigenvalue weighted by Gasteiger charge is 2.16. The quantitative estimate of drug-likeness (QED) is 0.841. The zero-order valence-corrected chi connectivity index (χ0v) is 13.4. The van der Waals surface area contributed by atoms with Gasteiger partial charge in [-0.3, -0.25) is 0 Å². The van der Waals surface area contributed by atoms with Crippen LogP contribution in [0.5, 0.6) is 0 Å². The molecule has 0 amide bonds. The summed E-state index contributed by atoms with van der Waals surface area (Å²) >= 11 is 0. The topological polar surface area (TPSA) is 58.2 Å². The van der Waals surface area contributed by atoms with Crippen molar-refractivity contribution in [1.29, 1.82) is 0 Å². The standard InChI is InChI=1S/C14H22N2O2S.ClH/c1-12-3-2-4-14(9-12)11-19(17,18)16-8-6-13-5-7-15-10-13;/h2-4,9,13,15-16H,5-8,10-11H2,1H3;1H. The first kappa shape index (κ1) is 17.4. The van der Waals surface area contributed by atoms with E-state index < -0.39 is 10.0 Å². The van der Waals surface area contributed by atoms with Gasteiger partial charge in [0, 0.05) is 6.54 Å². The summed E-state index contributed by atoms with van der Waals surface area (Å²) in [5.74, 6) is 0.680. The molecule has 1 unspecified atom stereocenters. The molecular weight excluding hydrogens is 296 g/mol. The van der Waals surface area contributed by atoms with Crippen molar-refractivity contribution in [1.82, 2.24) is 10.0 Å². The number of aryl methyl sites for hydroxylation is 1. The van der Waals surface area contributed by atoms with E-state index in [4.69, 9.17) is 0 Å². The van der Waals surface area contributed by atoms with Crippen LogP contribution in [0.4, 0.5) is 0 Å². The van der Waals surface area contributed by atoms with E-state index in [1.807, 2.05) is 31.2 Å². The number of hydrogen-bond acceptors (Lipinski definition) is 3. The van der Waals surface area contributed by atoms with E-state index in [2.05, 4.69) is 10.0 Å². The first-order chi connectivity index (χ1) is 9.05. The van der Waals surface area contributed by atoms with Crippen molar-refractivity contribution in [2.75, 3.05) is 19.6 Å². The van der Waals surface area contributed by atoms with Crippen molar-refractivity contribution in [3.63, 3.8) is 0 Å². The third kappa shape index (κ3) is 5.79. The van der Waals surface area contributed by atoms with Gasteiger partial charge < -0.3 is 5.32 Å². The molecule has 2 N–H and O–H groups in total. The van der Waals surface area contributed by atoms with E-state index in [0.717, 1.165) is 37.1 Å². The Balaban J connectivity index is 0.00000200. The third-order valence-corrected chi connectivity index (χ3v) is 4.83. The fourth-order valence-corrected chi connectivity index (χ4v) is 3.60. The van der Waals surface area contributed by atoms with Gasteiger partial charge in [-0.05, 0) is 44.3 Å². The summed E-state index contributed by atoms with van der Waals surface area (Å²) in [5, 5.41) is 3.29. The minimum atomic E-state index is -3.21. The smallest absolute Gasteiger partial charge is 0.215 e. The Bertz CT molecular complexity index is 514. The van der Waals surface area contributed by atoms with Crippen LogP contribution in [0.3, 0.4) is 0 Å². The predicted molar refractivity (Wildman–Crippen MR) is 84.6 cm³/mol. The number of halogens is 1. The highest BCUT2D eigenvalue weighted by atomic mass is 35.5. The summed E-state index contributed by atoms with van der Waals surface area (Å²) in [4.78, 5) is 0. The molecule has 4 nitrogen and oxygen atoms in total. The molecule has 1 fully saturated rings. The molecule has 0 spiro atoms. The number of sulfonamides is 1. The fraction of sp³-hybridized carbons (Fsp3) is 0.571. The van der Waals surface area contributed by atoms with Crippen molar-refractivity contribution < 1.29 is 8.42 Å². The first-order valence-corrected chi connectivity index (χ1v) is 8.44. The zero-order valence-electron chi connectivity index (χ0n) is 11.8. The second kappa shape index (κ2) is 7.98. The zero-order chi connectivity index (χ0) is 13.7. The molecule has 2 rings (SSSR count). The van der Waals surface area contributed by atoms with Crippen molar-refractivity contribution in [2.24, 2.45) is 5.92 Å². The second-order valence-corrected chi connectivity index (χ2v) is 7.10. The highest BCUT2D eigenvalue weighted by molar-refractivity contribution is 7.88. The summed E-state index contributed by atoms with van der Waals surface area (Å²) in [6.45, 7) is 4.58. The van der Waals surface area contributed by atoms with E-state index >= 15 is 0 Å². The van der Waals surface area contributed by atoms with Crippen molar-refractivity contribution in [2.45, 2.75) is 25.5 Å². The monoisotopic (exact) mass is 318 g/mol. The van der Waals surface area contributed by atoms with Crippen LogP contribution in [-0.2, 0) is 15.8 Å². The molecule has 1 aliphatic heterocycles. The summed E-state index contributed by atoms with van der Waals surface area (Å²) in [6, 6.07) is 7.63. The molecular formula is C14H23ClN2O2S. The molecule has 1 aliphatic rings. The van der Waals surface area contributed by atoms with Crippen molar-refractivity contribution in [3.8, 4) is 0 Å². The highest BCUT2D eigenvalue weighted by Crippen LogP contribution is 2.12. The summed E-state index contributed by atoms with van der Waals surface area (Å²) in [5.41, 5.74) is 1.93. The maximum atomic E-state index is 12.0. The molecule has 0 bridgehead atoms. The van der Waals surface area contributed by atoms with Crippen LogP contribution in [0, 0.1) is 12.8 Å². The molecule has 20 heavy (non-hydrogen) atoms. The Morgan fingerprint density at radius 2 is 2.20 bits per heavy atom. The van der Waals surface area contributed by atoms with Gasteiger partial charge in [-0.15, -0.1) is 12.4 Å². The SMILES string of the molecule is Cc1cccc(CS(=O)(=O)NCCC2CCNC2)c1.Cl. The van der Waals surface area contributed by atoms with Crippen molar-refractivity contribution >= 4 is 22.4 Å². The van der Waals surface area contributed by atoms with Gasteiger partial charge in [-0.25, -0.2) is 13.1 Å². The molecule has 114 valence electrons. The van der Waals surface area contributed by atoms with Gasteiger partial charge in [0.2, 0.25) is 10.0 Å². The Morgan fingerprint density at radius 3 is 2.85 bits per heavy atom. The minimum Gasteiger partial charge on any atom is -0.316 e. The molecule has 1 aromatic rings. The lowest BCUT2D eigenvalue weighted by Crippen LogP contribution is -2.27. The Hall–Kier alpha value is -0.620. The number of nitrogens with one attached hydrogen (secondary N) is 2. The van der Waals surface area contributed by atoms with E-state index in [9.17, 15) is 8.42 Å². The van der Waals surface area contributed by atoms with Crippen LogP contribution >= 0.6 is 12.4 Å². The van der Waals surface area contributed by atoms with Crippen LogP contribution in [0.25, 0.3) is 0 Å². The van der Waals surface area contributed by atoms with Gasteiger partial charge in [0.05, 0.1) is 5.75 Å². The van der Waals surface area contributed by atoms with Gasteiger partial charge >= 0.3 is 0 Å². The van der Waals surface area contributed by atoms with E-state index in [1.54, 1.807) is 0 Å². The van der Waals surface area contributed by atoms with Gasteiger partial charge in [-0.2, -0.15) is 0 Å². The molecule has 0 radical (unpaired) electrons. The van der Waals surface area contributed by atoms with E-state index in [0.29, 0.717) is 12.5 Å². The Labute approximate surface area is 127 Å². The van der Waals surface area contributed by atoms with Crippen LogP contribution in [0.15, 0.2) is 24.3 Å². The Morgan fingerprint density at radius 1 is 1.40 bits per heavy atom. The maximum absolute atomic E-state index is 12.0. The third-order valence-electron chi connectivity index (χ3n) is 3.48. The molecule has 0 aromatic heterocycles. The number of rotatable bonds is 6. The molecule has 1 saturated heterocycles. The lowest BCUT2D eigenvalue weighted by atomic mass is 10.1. The maximum Gasteiger partial charge on any atom is 0.215 e. The molecule has 1 aromatic carbocycles. The molecule has 0 saturated carbocycles. The minimum absolute atomic E-state index is 0. The van der Waals surface area contributed by atoms with Crippen LogP contribution < -0.4 is 10.0 Å². The normalized spacial score (nSPS) is 18.8. The predicted octanol–water partition coefficient (Wildman–Crippen LogP) is 1.84. The summed E-state index contributed by atoms with van der Waals surface area (Å²) < 4.78 is 26.6. The van der Waals surface area contributed by atoms with Gasteiger partial charge in [0.1, 0.15) is 0 Å². The molecule has 1 atom stereocenters. The van der Waals surface area contributed by atoms with Crippen LogP contribution in [0.2, 0.25) is 0 Å². The van der Waals surface area contributed by atoms with Gasteiger partial charge in [0.25, 0.3) is 0 Å². The Kier molecular flexibility index (Phi) is 6.95. The van der Waals surface area contributed by atoms with E-state index in [-0.39, 0.29) is 18.2 Å². The molecule has 6 heteroatoms. The first-order valence-electron chi connectivity index (χ1n) is 6.79. The van der Waals surface area contributed by atoms with Crippen LogP contribution in [-0.4, -0.2) is 28.1 Å². The molecule has 0 aliphatic carbocycles. The lowest BCUT2D eigenvalue weighted by molar-refractivity contribution is 0.519. The lowest BCUT2D eigenvalue weighted by Gasteiger charge is -2.10. The molecule has 1 heterocycles. The average Bonchev–Trinajstić information content (AvgIpc) is 2.81. The largest absolute Gasteiger partial charge is 0.316 e.